The lowest BCUT2D eigenvalue weighted by Gasteiger charge is -2.32. The molecule has 0 saturated carbocycles. The monoisotopic (exact) mass is 424 g/mol. The highest BCUT2D eigenvalue weighted by Gasteiger charge is 2.20. The van der Waals surface area contributed by atoms with Crippen LogP contribution in [0.5, 0.6) is 0 Å². The number of halogens is 1. The predicted octanol–water partition coefficient (Wildman–Crippen LogP) is 5.29. The van der Waals surface area contributed by atoms with E-state index in [-0.39, 0.29) is 0 Å². The Hall–Kier alpha value is -1.68. The number of rotatable bonds is 7. The van der Waals surface area contributed by atoms with E-state index < -0.39 is 0 Å². The van der Waals surface area contributed by atoms with Gasteiger partial charge in [-0.2, -0.15) is 0 Å². The van der Waals surface area contributed by atoms with Crippen molar-refractivity contribution in [1.29, 1.82) is 0 Å². The molecule has 2 heterocycles. The fourth-order valence-electron chi connectivity index (χ4n) is 4.84. The predicted molar refractivity (Wildman–Crippen MR) is 124 cm³/mol. The molecule has 4 heteroatoms. The van der Waals surface area contributed by atoms with Crippen molar-refractivity contribution in [2.24, 2.45) is 5.92 Å². The number of hydrogen-bond acceptors (Lipinski definition) is 3. The Balaban J connectivity index is 1.19. The molecule has 0 aromatic heterocycles. The van der Waals surface area contributed by atoms with Gasteiger partial charge in [0.1, 0.15) is 0 Å². The van der Waals surface area contributed by atoms with Crippen LogP contribution in [0.2, 0.25) is 5.02 Å². The lowest BCUT2D eigenvalue weighted by Crippen LogP contribution is -2.33. The molecule has 0 spiro atoms. The largest absolute Gasteiger partial charge is 0.316 e. The zero-order valence-corrected chi connectivity index (χ0v) is 18.6. The summed E-state index contributed by atoms with van der Waals surface area (Å²) in [7, 11) is 0. The number of Topliss-reactive ketones (excluding diaryl/α,β-unsaturated/α-hetero) is 1. The van der Waals surface area contributed by atoms with Gasteiger partial charge in [0.15, 0.2) is 5.78 Å². The molecule has 160 valence electrons. The highest BCUT2D eigenvalue weighted by molar-refractivity contribution is 6.31. The minimum atomic E-state index is 0.311. The number of carbonyl (C=O) groups excluding carboxylic acids is 1. The molecule has 2 aromatic carbocycles. The van der Waals surface area contributed by atoms with Gasteiger partial charge in [-0.1, -0.05) is 41.9 Å². The minimum absolute atomic E-state index is 0.311. The lowest BCUT2D eigenvalue weighted by atomic mass is 9.90. The number of benzene rings is 2. The van der Waals surface area contributed by atoms with Crippen molar-refractivity contribution in [2.45, 2.75) is 51.5 Å². The van der Waals surface area contributed by atoms with Gasteiger partial charge in [-0.15, -0.1) is 0 Å². The number of carbonyl (C=O) groups is 1. The van der Waals surface area contributed by atoms with Crippen molar-refractivity contribution in [2.75, 3.05) is 26.2 Å². The van der Waals surface area contributed by atoms with E-state index in [0.29, 0.717) is 12.2 Å². The van der Waals surface area contributed by atoms with E-state index in [1.165, 1.54) is 36.0 Å². The number of likely N-dealkylation sites (tertiary alicyclic amines) is 1. The summed E-state index contributed by atoms with van der Waals surface area (Å²) in [4.78, 5) is 15.2. The van der Waals surface area contributed by atoms with Gasteiger partial charge in [0.25, 0.3) is 0 Å². The van der Waals surface area contributed by atoms with Gasteiger partial charge in [-0.05, 0) is 99.4 Å². The first-order chi connectivity index (χ1) is 14.7. The van der Waals surface area contributed by atoms with Crippen LogP contribution in [0.15, 0.2) is 42.5 Å². The molecule has 4 rings (SSSR count). The van der Waals surface area contributed by atoms with Gasteiger partial charge >= 0.3 is 0 Å². The van der Waals surface area contributed by atoms with E-state index in [1.807, 2.05) is 18.2 Å². The maximum absolute atomic E-state index is 12.7. The van der Waals surface area contributed by atoms with Crippen LogP contribution >= 0.6 is 11.6 Å². The molecular weight excluding hydrogens is 392 g/mol. The van der Waals surface area contributed by atoms with E-state index in [2.05, 4.69) is 34.5 Å². The van der Waals surface area contributed by atoms with Gasteiger partial charge in [0.05, 0.1) is 0 Å². The lowest BCUT2D eigenvalue weighted by molar-refractivity contribution is 0.0974. The summed E-state index contributed by atoms with van der Waals surface area (Å²) in [6.45, 7) is 5.25. The Labute approximate surface area is 185 Å². The first-order valence-corrected chi connectivity index (χ1v) is 11.9. The van der Waals surface area contributed by atoms with Gasteiger partial charge in [0, 0.05) is 23.6 Å². The van der Waals surface area contributed by atoms with Crippen molar-refractivity contribution in [1.82, 2.24) is 10.2 Å². The van der Waals surface area contributed by atoms with E-state index in [1.54, 1.807) is 0 Å². The number of fused-ring (bicyclic) bond motifs is 1. The summed E-state index contributed by atoms with van der Waals surface area (Å²) < 4.78 is 0. The normalized spacial score (nSPS) is 18.0. The topological polar surface area (TPSA) is 32.3 Å². The van der Waals surface area contributed by atoms with E-state index >= 15 is 0 Å². The van der Waals surface area contributed by atoms with Gasteiger partial charge in [-0.3, -0.25) is 9.69 Å². The highest BCUT2D eigenvalue weighted by Crippen LogP contribution is 2.26. The smallest absolute Gasteiger partial charge is 0.162 e. The molecule has 0 amide bonds. The second-order valence-electron chi connectivity index (χ2n) is 8.86. The van der Waals surface area contributed by atoms with E-state index in [4.69, 9.17) is 11.6 Å². The van der Waals surface area contributed by atoms with Gasteiger partial charge < -0.3 is 5.32 Å². The summed E-state index contributed by atoms with van der Waals surface area (Å²) in [6, 6.07) is 14.5. The minimum Gasteiger partial charge on any atom is -0.316 e. The summed E-state index contributed by atoms with van der Waals surface area (Å²) in [5.74, 6) is 1.06. The average Bonchev–Trinajstić information content (AvgIpc) is 3.01. The molecule has 0 aliphatic carbocycles. The number of ketones is 1. The third-order valence-electron chi connectivity index (χ3n) is 6.75. The molecule has 3 nitrogen and oxygen atoms in total. The fraction of sp³-hybridized carbons (Fsp3) is 0.500. The molecule has 0 radical (unpaired) electrons. The second-order valence-corrected chi connectivity index (χ2v) is 9.27. The van der Waals surface area contributed by atoms with Crippen molar-refractivity contribution < 1.29 is 4.79 Å². The van der Waals surface area contributed by atoms with Gasteiger partial charge in [-0.25, -0.2) is 0 Å². The van der Waals surface area contributed by atoms with Crippen molar-refractivity contribution in [3.8, 4) is 0 Å². The molecule has 1 saturated heterocycles. The Kier molecular flexibility index (Phi) is 7.59. The first-order valence-electron chi connectivity index (χ1n) is 11.5. The number of nitrogens with zero attached hydrogens (tertiary/aromatic N) is 1. The standard InChI is InChI=1S/C26H33ClN2O/c27-25-6-2-1-5-24(25)19-29-16-12-20(13-17-29)4-3-7-26(30)23-9-8-21-10-14-28-15-11-22(21)18-23/h1-2,5-6,8-9,18,20,28H,3-4,7,10-17,19H2. The fourth-order valence-corrected chi connectivity index (χ4v) is 5.04. The Morgan fingerprint density at radius 2 is 1.80 bits per heavy atom. The van der Waals surface area contributed by atoms with Crippen LogP contribution in [0.3, 0.4) is 0 Å². The zero-order chi connectivity index (χ0) is 20.8. The molecule has 0 atom stereocenters. The average molecular weight is 425 g/mol. The number of nitrogens with one attached hydrogen (secondary N) is 1. The third-order valence-corrected chi connectivity index (χ3v) is 7.11. The molecule has 30 heavy (non-hydrogen) atoms. The van der Waals surface area contributed by atoms with E-state index in [0.717, 1.165) is 68.5 Å². The third kappa shape index (κ3) is 5.72. The van der Waals surface area contributed by atoms with Crippen LogP contribution < -0.4 is 5.32 Å². The Morgan fingerprint density at radius 1 is 1.03 bits per heavy atom. The summed E-state index contributed by atoms with van der Waals surface area (Å²) in [6.07, 6.45) is 7.40. The van der Waals surface area contributed by atoms with Crippen LogP contribution in [0.25, 0.3) is 0 Å². The van der Waals surface area contributed by atoms with Crippen LogP contribution in [-0.2, 0) is 19.4 Å². The van der Waals surface area contributed by atoms with Crippen LogP contribution in [0, 0.1) is 5.92 Å². The first kappa shape index (κ1) is 21.5. The van der Waals surface area contributed by atoms with Crippen LogP contribution in [-0.4, -0.2) is 36.9 Å². The Bertz CT molecular complexity index is 858. The molecule has 2 aliphatic rings. The van der Waals surface area contributed by atoms with Gasteiger partial charge in [0.2, 0.25) is 0 Å². The van der Waals surface area contributed by atoms with Crippen molar-refractivity contribution in [3.63, 3.8) is 0 Å². The Morgan fingerprint density at radius 3 is 2.60 bits per heavy atom. The van der Waals surface area contributed by atoms with Crippen LogP contribution in [0.1, 0.15) is 59.2 Å². The molecule has 0 unspecified atom stereocenters. The maximum atomic E-state index is 12.7. The number of hydrogen-bond donors (Lipinski definition) is 1. The summed E-state index contributed by atoms with van der Waals surface area (Å²) in [5, 5.41) is 4.31. The zero-order valence-electron chi connectivity index (χ0n) is 17.8. The van der Waals surface area contributed by atoms with Crippen LogP contribution in [0.4, 0.5) is 0 Å². The molecule has 1 N–H and O–H groups in total. The molecular formula is C26H33ClN2O. The molecule has 0 bridgehead atoms. The number of piperidine rings is 1. The quantitative estimate of drug-likeness (QED) is 0.612. The van der Waals surface area contributed by atoms with E-state index in [9.17, 15) is 4.79 Å². The molecule has 2 aromatic rings. The van der Waals surface area contributed by atoms with Crippen molar-refractivity contribution >= 4 is 17.4 Å². The van der Waals surface area contributed by atoms with Crippen molar-refractivity contribution in [3.05, 3.63) is 69.7 Å². The maximum Gasteiger partial charge on any atom is 0.162 e. The summed E-state index contributed by atoms with van der Waals surface area (Å²) >= 11 is 6.31. The molecule has 1 fully saturated rings. The molecule has 2 aliphatic heterocycles. The SMILES string of the molecule is O=C(CCCC1CCN(Cc2ccccc2Cl)CC1)c1ccc2c(c1)CCNCC2. The summed E-state index contributed by atoms with van der Waals surface area (Å²) in [5.41, 5.74) is 4.89. The second kappa shape index (κ2) is 10.6. The highest BCUT2D eigenvalue weighted by atomic mass is 35.5.